The van der Waals surface area contributed by atoms with Crippen molar-refractivity contribution in [2.24, 2.45) is 5.73 Å². The molecular formula is C12H21N3O3S2. The molecule has 2 N–H and O–H groups in total. The Bertz CT molecular complexity index is 597. The Hall–Kier alpha value is -0.700. The van der Waals surface area contributed by atoms with Gasteiger partial charge in [0.1, 0.15) is 4.90 Å². The second-order valence-corrected chi connectivity index (χ2v) is 8.76. The molecule has 8 heteroatoms. The fraction of sp³-hybridized carbons (Fsp3) is 0.667. The van der Waals surface area contributed by atoms with E-state index >= 15 is 0 Å². The number of nitrogens with two attached hydrogens (primary N) is 1. The third-order valence-corrected chi connectivity index (χ3v) is 6.59. The number of aromatic nitrogens is 1. The van der Waals surface area contributed by atoms with Gasteiger partial charge in [-0.05, 0) is 19.9 Å². The Morgan fingerprint density at radius 2 is 1.95 bits per heavy atom. The van der Waals surface area contributed by atoms with E-state index in [0.29, 0.717) is 31.1 Å². The number of sulfonamides is 1. The lowest BCUT2D eigenvalue weighted by Crippen LogP contribution is -2.41. The SMILES string of the molecule is CC(C)n1cc(S(=O)(=O)N2CCS(=O)CC2)cc1CN. The highest BCUT2D eigenvalue weighted by molar-refractivity contribution is 7.89. The van der Waals surface area contributed by atoms with Crippen LogP contribution in [-0.2, 0) is 27.4 Å². The largest absolute Gasteiger partial charge is 0.346 e. The highest BCUT2D eigenvalue weighted by Gasteiger charge is 2.29. The Morgan fingerprint density at radius 1 is 1.35 bits per heavy atom. The number of nitrogens with zero attached hydrogens (tertiary/aromatic N) is 2. The fourth-order valence-electron chi connectivity index (χ4n) is 2.29. The van der Waals surface area contributed by atoms with Crippen LogP contribution < -0.4 is 5.73 Å². The molecule has 2 heterocycles. The van der Waals surface area contributed by atoms with Crippen molar-refractivity contribution >= 4 is 20.8 Å². The topological polar surface area (TPSA) is 85.4 Å². The van der Waals surface area contributed by atoms with Gasteiger partial charge in [-0.1, -0.05) is 0 Å². The van der Waals surface area contributed by atoms with Crippen molar-refractivity contribution in [1.82, 2.24) is 8.87 Å². The Kier molecular flexibility index (Phi) is 4.68. The van der Waals surface area contributed by atoms with Crippen LogP contribution in [0, 0.1) is 0 Å². The molecule has 0 amide bonds. The third kappa shape index (κ3) is 2.98. The number of hydrogen-bond acceptors (Lipinski definition) is 4. The van der Waals surface area contributed by atoms with Gasteiger partial charge >= 0.3 is 0 Å². The molecule has 1 aromatic heterocycles. The normalized spacial score (nSPS) is 18.8. The Balaban J connectivity index is 2.32. The van der Waals surface area contributed by atoms with Crippen molar-refractivity contribution in [3.63, 3.8) is 0 Å². The molecule has 0 aromatic carbocycles. The summed E-state index contributed by atoms with van der Waals surface area (Å²) in [5, 5.41) is 0. The molecule has 0 unspecified atom stereocenters. The summed E-state index contributed by atoms with van der Waals surface area (Å²) in [6, 6.07) is 1.80. The van der Waals surface area contributed by atoms with Crippen LogP contribution in [0.25, 0.3) is 0 Å². The molecule has 1 aliphatic rings. The van der Waals surface area contributed by atoms with Gasteiger partial charge < -0.3 is 10.3 Å². The first-order chi connectivity index (χ1) is 9.36. The molecule has 114 valence electrons. The van der Waals surface area contributed by atoms with Crippen molar-refractivity contribution in [3.05, 3.63) is 18.0 Å². The van der Waals surface area contributed by atoms with Gasteiger partial charge in [0.2, 0.25) is 10.0 Å². The standard InChI is InChI=1S/C12H21N3O3S2/c1-10(2)15-9-12(7-11(15)8-13)20(17,18)14-3-5-19(16)6-4-14/h7,9-10H,3-6,8,13H2,1-2H3. The first-order valence-corrected chi connectivity index (χ1v) is 9.55. The second-order valence-electron chi connectivity index (χ2n) is 5.12. The summed E-state index contributed by atoms with van der Waals surface area (Å²) in [5.74, 6) is 0.821. The quantitative estimate of drug-likeness (QED) is 0.864. The molecule has 0 bridgehead atoms. The molecule has 0 aliphatic carbocycles. The lowest BCUT2D eigenvalue weighted by Gasteiger charge is -2.25. The summed E-state index contributed by atoms with van der Waals surface area (Å²) >= 11 is 0. The van der Waals surface area contributed by atoms with Crippen LogP contribution in [0.4, 0.5) is 0 Å². The van der Waals surface area contributed by atoms with Crippen LogP contribution in [0.15, 0.2) is 17.2 Å². The van der Waals surface area contributed by atoms with Gasteiger partial charge in [-0.2, -0.15) is 4.31 Å². The monoisotopic (exact) mass is 319 g/mol. The van der Waals surface area contributed by atoms with E-state index in [9.17, 15) is 12.6 Å². The van der Waals surface area contributed by atoms with Crippen molar-refractivity contribution in [1.29, 1.82) is 0 Å². The maximum Gasteiger partial charge on any atom is 0.244 e. The minimum atomic E-state index is -3.51. The van der Waals surface area contributed by atoms with Gasteiger partial charge in [0.15, 0.2) is 0 Å². The molecule has 0 spiro atoms. The lowest BCUT2D eigenvalue weighted by molar-refractivity contribution is 0.438. The van der Waals surface area contributed by atoms with E-state index < -0.39 is 20.8 Å². The Morgan fingerprint density at radius 3 is 2.40 bits per heavy atom. The smallest absolute Gasteiger partial charge is 0.244 e. The number of hydrogen-bond donors (Lipinski definition) is 1. The van der Waals surface area contributed by atoms with Crippen LogP contribution in [0.5, 0.6) is 0 Å². The van der Waals surface area contributed by atoms with Crippen LogP contribution in [0.1, 0.15) is 25.6 Å². The van der Waals surface area contributed by atoms with Gasteiger partial charge in [-0.25, -0.2) is 8.42 Å². The van der Waals surface area contributed by atoms with Gasteiger partial charge in [-0.3, -0.25) is 4.21 Å². The summed E-state index contributed by atoms with van der Waals surface area (Å²) in [6.45, 7) is 4.91. The van der Waals surface area contributed by atoms with Crippen molar-refractivity contribution < 1.29 is 12.6 Å². The van der Waals surface area contributed by atoms with E-state index in [1.54, 1.807) is 12.3 Å². The molecule has 0 saturated carbocycles. The summed E-state index contributed by atoms with van der Waals surface area (Å²) < 4.78 is 39.8. The minimum Gasteiger partial charge on any atom is -0.346 e. The van der Waals surface area contributed by atoms with Crippen LogP contribution in [-0.4, -0.2) is 46.1 Å². The second kappa shape index (κ2) is 5.97. The molecular weight excluding hydrogens is 298 g/mol. The van der Waals surface area contributed by atoms with Crippen LogP contribution >= 0.6 is 0 Å². The highest BCUT2D eigenvalue weighted by Crippen LogP contribution is 2.22. The van der Waals surface area contributed by atoms with E-state index in [1.165, 1.54) is 4.31 Å². The van der Waals surface area contributed by atoms with E-state index in [0.717, 1.165) is 5.69 Å². The van der Waals surface area contributed by atoms with Crippen molar-refractivity contribution in [2.75, 3.05) is 24.6 Å². The van der Waals surface area contributed by atoms with Gasteiger partial charge in [0.05, 0.1) is 0 Å². The zero-order valence-corrected chi connectivity index (χ0v) is 13.4. The predicted molar refractivity (Wildman–Crippen MR) is 79.3 cm³/mol. The van der Waals surface area contributed by atoms with Crippen LogP contribution in [0.2, 0.25) is 0 Å². The molecule has 20 heavy (non-hydrogen) atoms. The molecule has 0 atom stereocenters. The average Bonchev–Trinajstić information content (AvgIpc) is 2.84. The molecule has 2 rings (SSSR count). The fourth-order valence-corrected chi connectivity index (χ4v) is 5.07. The van der Waals surface area contributed by atoms with E-state index in [4.69, 9.17) is 5.73 Å². The average molecular weight is 319 g/mol. The molecule has 1 saturated heterocycles. The van der Waals surface area contributed by atoms with Crippen molar-refractivity contribution in [2.45, 2.75) is 31.3 Å². The molecule has 1 aromatic rings. The van der Waals surface area contributed by atoms with Gasteiger partial charge in [0.25, 0.3) is 0 Å². The summed E-state index contributed by atoms with van der Waals surface area (Å²) in [6.07, 6.45) is 1.65. The maximum absolute atomic E-state index is 12.6. The zero-order chi connectivity index (χ0) is 14.9. The van der Waals surface area contributed by atoms with E-state index in [2.05, 4.69) is 0 Å². The van der Waals surface area contributed by atoms with Crippen molar-refractivity contribution in [3.8, 4) is 0 Å². The maximum atomic E-state index is 12.6. The molecule has 0 radical (unpaired) electrons. The van der Waals surface area contributed by atoms with Gasteiger partial charge in [0, 0.05) is 59.9 Å². The van der Waals surface area contributed by atoms with E-state index in [-0.39, 0.29) is 10.9 Å². The number of rotatable bonds is 4. The van der Waals surface area contributed by atoms with Gasteiger partial charge in [-0.15, -0.1) is 0 Å². The lowest BCUT2D eigenvalue weighted by atomic mass is 10.3. The third-order valence-electron chi connectivity index (χ3n) is 3.45. The first-order valence-electron chi connectivity index (χ1n) is 6.62. The van der Waals surface area contributed by atoms with Crippen LogP contribution in [0.3, 0.4) is 0 Å². The molecule has 1 fully saturated rings. The van der Waals surface area contributed by atoms with E-state index in [1.807, 2.05) is 18.4 Å². The predicted octanol–water partition coefficient (Wildman–Crippen LogP) is 0.281. The molecule has 1 aliphatic heterocycles. The summed E-state index contributed by atoms with van der Waals surface area (Å²) in [4.78, 5) is 0.277. The summed E-state index contributed by atoms with van der Waals surface area (Å²) in [7, 11) is -4.40. The minimum absolute atomic E-state index is 0.159. The molecule has 6 nitrogen and oxygen atoms in total. The first kappa shape index (κ1) is 15.7. The summed E-state index contributed by atoms with van der Waals surface area (Å²) in [5.41, 5.74) is 6.48. The highest BCUT2D eigenvalue weighted by atomic mass is 32.2. The zero-order valence-electron chi connectivity index (χ0n) is 11.8. The Labute approximate surface area is 122 Å².